The number of aliphatic hydroxyl groups is 1. The number of hydrogen-bond donors (Lipinski definition) is 4. The zero-order valence-electron chi connectivity index (χ0n) is 11.1. The maximum absolute atomic E-state index is 11.1. The van der Waals surface area contributed by atoms with Crippen LogP contribution in [0.3, 0.4) is 0 Å². The van der Waals surface area contributed by atoms with E-state index in [1.807, 2.05) is 0 Å². The molecule has 0 radical (unpaired) electrons. The first-order chi connectivity index (χ1) is 9.60. The number of nitrogens with one attached hydrogen (secondary N) is 2. The Kier molecular flexibility index (Phi) is 4.35. The van der Waals surface area contributed by atoms with Crippen LogP contribution in [0.1, 0.15) is 32.1 Å². The molecular weight excluding hydrogens is 262 g/mol. The Hall–Kier alpha value is -1.93. The van der Waals surface area contributed by atoms with Crippen LogP contribution in [0.25, 0.3) is 0 Å². The zero-order valence-corrected chi connectivity index (χ0v) is 11.1. The van der Waals surface area contributed by atoms with Crippen molar-refractivity contribution < 1.29 is 10.0 Å². The van der Waals surface area contributed by atoms with Crippen molar-refractivity contribution in [1.82, 2.24) is 4.98 Å². The van der Waals surface area contributed by atoms with Crippen molar-refractivity contribution in [3.63, 3.8) is 0 Å². The van der Waals surface area contributed by atoms with Crippen molar-refractivity contribution in [2.45, 2.75) is 37.6 Å². The molecule has 1 heterocycles. The molecule has 1 aliphatic rings. The van der Waals surface area contributed by atoms with E-state index in [9.17, 15) is 15.2 Å². The molecule has 0 unspecified atom stereocenters. The molecule has 0 spiro atoms. The minimum Gasteiger partial charge on any atom is -0.394 e. The lowest BCUT2D eigenvalue weighted by atomic mass is 9.82. The number of hydrazine groups is 1. The molecule has 20 heavy (non-hydrogen) atoms. The number of hydrogen-bond acceptors (Lipinski definition) is 7. The molecule has 8 nitrogen and oxygen atoms in total. The highest BCUT2D eigenvalue weighted by Crippen LogP contribution is 2.34. The largest absolute Gasteiger partial charge is 0.394 e. The van der Waals surface area contributed by atoms with Gasteiger partial charge in [0, 0.05) is 6.07 Å². The Labute approximate surface area is 116 Å². The predicted octanol–water partition coefficient (Wildman–Crippen LogP) is 1.38. The van der Waals surface area contributed by atoms with Gasteiger partial charge in [-0.3, -0.25) is 10.1 Å². The van der Waals surface area contributed by atoms with E-state index in [4.69, 9.17) is 5.84 Å². The topological polar surface area (TPSA) is 126 Å². The number of aliphatic hydroxyl groups excluding tert-OH is 1. The SMILES string of the molecule is NNc1ccc([N+](=O)[O-])c(NC2(CO)CCCCC2)n1. The van der Waals surface area contributed by atoms with E-state index in [1.165, 1.54) is 12.1 Å². The lowest BCUT2D eigenvalue weighted by Crippen LogP contribution is -2.44. The average Bonchev–Trinajstić information content (AvgIpc) is 2.47. The maximum atomic E-state index is 11.1. The summed E-state index contributed by atoms with van der Waals surface area (Å²) in [5.74, 6) is 5.76. The second-order valence-electron chi connectivity index (χ2n) is 5.09. The molecule has 0 aromatic carbocycles. The van der Waals surface area contributed by atoms with Crippen LogP contribution in [0.5, 0.6) is 0 Å². The van der Waals surface area contributed by atoms with Crippen molar-refractivity contribution in [2.24, 2.45) is 5.84 Å². The monoisotopic (exact) mass is 281 g/mol. The average molecular weight is 281 g/mol. The first-order valence-corrected chi connectivity index (χ1v) is 6.61. The molecule has 1 aliphatic carbocycles. The quantitative estimate of drug-likeness (QED) is 0.365. The van der Waals surface area contributed by atoms with Crippen LogP contribution in [-0.2, 0) is 0 Å². The first-order valence-electron chi connectivity index (χ1n) is 6.61. The Bertz CT molecular complexity index is 488. The van der Waals surface area contributed by atoms with Crippen molar-refractivity contribution in [2.75, 3.05) is 17.3 Å². The fourth-order valence-corrected chi connectivity index (χ4v) is 2.57. The summed E-state index contributed by atoms with van der Waals surface area (Å²) in [4.78, 5) is 14.7. The molecule has 1 aromatic heterocycles. The lowest BCUT2D eigenvalue weighted by Gasteiger charge is -2.36. The Morgan fingerprint density at radius 3 is 2.65 bits per heavy atom. The van der Waals surface area contributed by atoms with Crippen molar-refractivity contribution in [3.05, 3.63) is 22.2 Å². The van der Waals surface area contributed by atoms with Gasteiger partial charge < -0.3 is 15.8 Å². The Morgan fingerprint density at radius 2 is 2.10 bits per heavy atom. The van der Waals surface area contributed by atoms with Gasteiger partial charge in [0.05, 0.1) is 17.1 Å². The van der Waals surface area contributed by atoms with Crippen LogP contribution in [0.15, 0.2) is 12.1 Å². The van der Waals surface area contributed by atoms with Gasteiger partial charge in [0.15, 0.2) is 0 Å². The molecule has 0 amide bonds. The molecule has 0 saturated heterocycles. The van der Waals surface area contributed by atoms with Gasteiger partial charge in [-0.15, -0.1) is 0 Å². The number of anilines is 2. The third-order valence-electron chi connectivity index (χ3n) is 3.72. The Balaban J connectivity index is 2.32. The number of aromatic nitrogens is 1. The zero-order chi connectivity index (χ0) is 14.6. The molecule has 2 rings (SSSR count). The molecule has 0 aliphatic heterocycles. The summed E-state index contributed by atoms with van der Waals surface area (Å²) < 4.78 is 0. The van der Waals surface area contributed by atoms with E-state index in [0.717, 1.165) is 32.1 Å². The fraction of sp³-hybridized carbons (Fsp3) is 0.583. The summed E-state index contributed by atoms with van der Waals surface area (Å²) in [5.41, 5.74) is 1.70. The third kappa shape index (κ3) is 2.97. The smallest absolute Gasteiger partial charge is 0.311 e. The molecular formula is C12H19N5O3. The van der Waals surface area contributed by atoms with Crippen molar-refractivity contribution >= 4 is 17.3 Å². The van der Waals surface area contributed by atoms with Gasteiger partial charge in [-0.2, -0.15) is 0 Å². The molecule has 8 heteroatoms. The van der Waals surface area contributed by atoms with Crippen LogP contribution in [0.4, 0.5) is 17.3 Å². The summed E-state index contributed by atoms with van der Waals surface area (Å²) in [6, 6.07) is 2.79. The molecule has 110 valence electrons. The number of nitro groups is 1. The maximum Gasteiger partial charge on any atom is 0.311 e. The highest BCUT2D eigenvalue weighted by atomic mass is 16.6. The van der Waals surface area contributed by atoms with Gasteiger partial charge in [0.2, 0.25) is 5.82 Å². The van der Waals surface area contributed by atoms with Gasteiger partial charge in [-0.1, -0.05) is 19.3 Å². The van der Waals surface area contributed by atoms with E-state index in [2.05, 4.69) is 15.7 Å². The molecule has 1 aromatic rings. The second kappa shape index (κ2) is 6.02. The van der Waals surface area contributed by atoms with Gasteiger partial charge in [-0.05, 0) is 18.9 Å². The van der Waals surface area contributed by atoms with Crippen molar-refractivity contribution in [1.29, 1.82) is 0 Å². The molecule has 1 fully saturated rings. The highest BCUT2D eigenvalue weighted by molar-refractivity contribution is 5.61. The van der Waals surface area contributed by atoms with Crippen LogP contribution in [0.2, 0.25) is 0 Å². The summed E-state index contributed by atoms with van der Waals surface area (Å²) >= 11 is 0. The number of nitrogen functional groups attached to an aromatic ring is 1. The second-order valence-corrected chi connectivity index (χ2v) is 5.09. The van der Waals surface area contributed by atoms with Gasteiger partial charge in [0.1, 0.15) is 5.82 Å². The van der Waals surface area contributed by atoms with Crippen LogP contribution in [0, 0.1) is 10.1 Å². The fourth-order valence-electron chi connectivity index (χ4n) is 2.57. The molecule has 0 atom stereocenters. The van der Waals surface area contributed by atoms with E-state index in [-0.39, 0.29) is 18.1 Å². The van der Waals surface area contributed by atoms with Gasteiger partial charge >= 0.3 is 5.69 Å². The first kappa shape index (κ1) is 14.5. The standard InChI is InChI=1S/C12H19N5O3/c13-16-10-5-4-9(17(19)20)11(14-10)15-12(8-18)6-2-1-3-7-12/h4-5,18H,1-3,6-8,13H2,(H2,14,15,16). The summed E-state index contributed by atoms with van der Waals surface area (Å²) in [6.45, 7) is -0.0773. The molecule has 0 bridgehead atoms. The molecule has 5 N–H and O–H groups in total. The minimum atomic E-state index is -0.538. The van der Waals surface area contributed by atoms with E-state index in [1.54, 1.807) is 0 Å². The third-order valence-corrected chi connectivity index (χ3v) is 3.72. The number of nitrogens with zero attached hydrogens (tertiary/aromatic N) is 2. The van der Waals surface area contributed by atoms with Crippen LogP contribution >= 0.6 is 0 Å². The minimum absolute atomic E-state index is 0.0773. The van der Waals surface area contributed by atoms with E-state index in [0.29, 0.717) is 5.82 Å². The summed E-state index contributed by atoms with van der Waals surface area (Å²) in [7, 11) is 0. The number of pyridine rings is 1. The summed E-state index contributed by atoms with van der Waals surface area (Å²) in [5, 5.41) is 23.8. The van der Waals surface area contributed by atoms with Crippen LogP contribution < -0.4 is 16.6 Å². The summed E-state index contributed by atoms with van der Waals surface area (Å²) in [6.07, 6.45) is 4.61. The number of nitrogens with two attached hydrogens (primary N) is 1. The van der Waals surface area contributed by atoms with Gasteiger partial charge in [-0.25, -0.2) is 10.8 Å². The van der Waals surface area contributed by atoms with E-state index < -0.39 is 10.5 Å². The number of rotatable bonds is 5. The molecule has 1 saturated carbocycles. The van der Waals surface area contributed by atoms with Gasteiger partial charge in [0.25, 0.3) is 0 Å². The van der Waals surface area contributed by atoms with Crippen molar-refractivity contribution in [3.8, 4) is 0 Å². The lowest BCUT2D eigenvalue weighted by molar-refractivity contribution is -0.384. The van der Waals surface area contributed by atoms with Crippen LogP contribution in [-0.4, -0.2) is 27.2 Å². The Morgan fingerprint density at radius 1 is 1.40 bits per heavy atom. The van der Waals surface area contributed by atoms with E-state index >= 15 is 0 Å². The predicted molar refractivity (Wildman–Crippen MR) is 75.2 cm³/mol. The highest BCUT2D eigenvalue weighted by Gasteiger charge is 2.33. The normalized spacial score (nSPS) is 17.5.